The van der Waals surface area contributed by atoms with Crippen LogP contribution in [0.2, 0.25) is 0 Å². The van der Waals surface area contributed by atoms with Gasteiger partial charge in [-0.2, -0.15) is 0 Å². The van der Waals surface area contributed by atoms with Crippen LogP contribution in [0.25, 0.3) is 82.3 Å². The Labute approximate surface area is 332 Å². The summed E-state index contributed by atoms with van der Waals surface area (Å²) >= 11 is 0. The van der Waals surface area contributed by atoms with Gasteiger partial charge in [0, 0.05) is 45.0 Å². The number of benzene rings is 6. The molecule has 12 heteroatoms. The molecule has 0 unspecified atom stereocenters. The number of hydrogen-bond acceptors (Lipinski definition) is 4. The largest absolute Gasteiger partial charge is 0.310 e. The number of fused-ring (bicyclic) bond motifs is 10. The lowest BCUT2D eigenvalue weighted by molar-refractivity contribution is 0.984. The van der Waals surface area contributed by atoms with Crippen LogP contribution in [-0.4, -0.2) is 80.7 Å². The summed E-state index contributed by atoms with van der Waals surface area (Å²) in [7, 11) is 48.0. The van der Waals surface area contributed by atoms with E-state index in [0.29, 0.717) is 56.1 Å². The van der Waals surface area contributed by atoms with Crippen molar-refractivity contribution in [3.8, 4) is 17.1 Å². The van der Waals surface area contributed by atoms with Gasteiger partial charge in [-0.3, -0.25) is 4.99 Å². The average molecular weight is 696 g/mol. The molecule has 1 aliphatic carbocycles. The third-order valence-electron chi connectivity index (χ3n) is 11.0. The molecule has 2 aliphatic heterocycles. The predicted molar refractivity (Wildman–Crippen MR) is 243 cm³/mol. The van der Waals surface area contributed by atoms with Gasteiger partial charge in [-0.05, 0) is 68.8 Å². The molecule has 3 aliphatic rings. The molecule has 8 aromatic rings. The van der Waals surface area contributed by atoms with Crippen LogP contribution in [0.5, 0.6) is 0 Å². The molecule has 0 amide bonds. The van der Waals surface area contributed by atoms with E-state index < -0.39 is 0 Å². The van der Waals surface area contributed by atoms with Crippen molar-refractivity contribution in [3.63, 3.8) is 0 Å². The van der Waals surface area contributed by atoms with Gasteiger partial charge in [0.2, 0.25) is 0 Å². The predicted octanol–water partition coefficient (Wildman–Crippen LogP) is 2.67. The minimum atomic E-state index is 0.123. The standard InChI is InChI=1S/C44H22B7N5/c1-20-10-9-17-52-39-33(46)31-30-32(45)34(47)35(48)37(50)40(30)56(41(31)38(51)36(39)49)29-19-27-25-16-8-6-14-23(25)22-13-5-7-15-24(22)26(27)18-28(29)44-54-42(20)53-43(55-44)21-11-3-2-4-12-21/h3,5-19H,1-2,4H2. The first-order chi connectivity index (χ1) is 27.1. The van der Waals surface area contributed by atoms with E-state index in [0.717, 1.165) is 50.7 Å². The van der Waals surface area contributed by atoms with Crippen molar-refractivity contribution in [3.05, 3.63) is 109 Å². The van der Waals surface area contributed by atoms with Crippen molar-refractivity contribution in [2.24, 2.45) is 4.99 Å². The summed E-state index contributed by atoms with van der Waals surface area (Å²) in [6.07, 6.45) is 13.1. The second kappa shape index (κ2) is 12.8. The highest BCUT2D eigenvalue weighted by atomic mass is 15.1. The van der Waals surface area contributed by atoms with Crippen LogP contribution in [-0.2, 0) is 0 Å². The molecule has 11 rings (SSSR count). The minimum Gasteiger partial charge on any atom is -0.310 e. The number of hydrogen-bond donors (Lipinski definition) is 0. The summed E-state index contributed by atoms with van der Waals surface area (Å²) in [5, 5.41) is 7.17. The van der Waals surface area contributed by atoms with Crippen molar-refractivity contribution in [2.45, 2.75) is 12.8 Å². The second-order valence-electron chi connectivity index (χ2n) is 14.1. The van der Waals surface area contributed by atoms with Crippen LogP contribution in [0, 0.1) is 0 Å². The molecule has 0 saturated carbocycles. The molecule has 0 fully saturated rings. The van der Waals surface area contributed by atoms with Gasteiger partial charge >= 0.3 is 0 Å². The van der Waals surface area contributed by atoms with Crippen molar-refractivity contribution in [2.75, 3.05) is 0 Å². The lowest BCUT2D eigenvalue weighted by atomic mass is 9.65. The molecule has 6 bridgehead atoms. The zero-order valence-corrected chi connectivity index (χ0v) is 30.1. The number of rotatable bonds is 1. The van der Waals surface area contributed by atoms with Crippen molar-refractivity contribution in [1.29, 1.82) is 0 Å². The van der Waals surface area contributed by atoms with Crippen LogP contribution >= 0.6 is 0 Å². The van der Waals surface area contributed by atoms with Gasteiger partial charge in [-0.15, -0.1) is 10.9 Å². The summed E-state index contributed by atoms with van der Waals surface area (Å²) in [5.74, 6) is 1.28. The van der Waals surface area contributed by atoms with Gasteiger partial charge in [-0.1, -0.05) is 107 Å². The number of nitrogens with zero attached hydrogens (tertiary/aromatic N) is 5. The number of aliphatic imine (C=N–C) groups is 1. The molecule has 14 radical (unpaired) electrons. The van der Waals surface area contributed by atoms with Crippen LogP contribution in [0.1, 0.15) is 24.5 Å². The number of aromatic nitrogens is 4. The highest BCUT2D eigenvalue weighted by Gasteiger charge is 2.27. The van der Waals surface area contributed by atoms with E-state index in [1.165, 1.54) is 0 Å². The van der Waals surface area contributed by atoms with Crippen molar-refractivity contribution < 1.29 is 0 Å². The Morgan fingerprint density at radius 1 is 0.554 bits per heavy atom. The molecule has 0 saturated heterocycles. The zero-order chi connectivity index (χ0) is 38.6. The van der Waals surface area contributed by atoms with E-state index >= 15 is 0 Å². The normalized spacial score (nSPS) is 14.0. The van der Waals surface area contributed by atoms with Gasteiger partial charge in [0.15, 0.2) is 17.5 Å². The maximum absolute atomic E-state index is 7.08. The van der Waals surface area contributed by atoms with Gasteiger partial charge in [0.05, 0.1) is 5.69 Å². The first-order valence-electron chi connectivity index (χ1n) is 18.1. The molecule has 6 aromatic carbocycles. The summed E-state index contributed by atoms with van der Waals surface area (Å²) in [6.45, 7) is 4.34. The fourth-order valence-electron chi connectivity index (χ4n) is 8.26. The summed E-state index contributed by atoms with van der Waals surface area (Å²) in [4.78, 5) is 19.9. The van der Waals surface area contributed by atoms with E-state index in [2.05, 4.69) is 66.2 Å². The SMILES string of the molecule is [B]c1c([B])c([B])c2c(c1[B])c1c([B])c3c([B])c([B])c1n2-c1cc2c4ccccc4c4ccccc4c2cc1-c1nc(nc(C2=CCCC=C2)n1)C(=C)C=CC=N3. The highest BCUT2D eigenvalue weighted by Crippen LogP contribution is 2.41. The fourth-order valence-corrected chi connectivity index (χ4v) is 8.26. The van der Waals surface area contributed by atoms with Crippen molar-refractivity contribution in [1.82, 2.24) is 19.5 Å². The van der Waals surface area contributed by atoms with Gasteiger partial charge < -0.3 is 4.57 Å². The third kappa shape index (κ3) is 4.91. The van der Waals surface area contributed by atoms with Gasteiger partial charge in [0.1, 0.15) is 54.9 Å². The minimum absolute atomic E-state index is 0.123. The molecular formula is C44H22B7N5. The second-order valence-corrected chi connectivity index (χ2v) is 14.1. The molecule has 244 valence electrons. The Kier molecular flexibility index (Phi) is 7.87. The lowest BCUT2D eigenvalue weighted by Crippen LogP contribution is -2.48. The quantitative estimate of drug-likeness (QED) is 0.196. The van der Waals surface area contributed by atoms with Crippen LogP contribution in [0.4, 0.5) is 5.69 Å². The van der Waals surface area contributed by atoms with E-state index in [9.17, 15) is 0 Å². The smallest absolute Gasteiger partial charge is 0.166 e. The van der Waals surface area contributed by atoms with Crippen LogP contribution in [0.15, 0.2) is 103 Å². The molecule has 56 heavy (non-hydrogen) atoms. The molecule has 0 atom stereocenters. The highest BCUT2D eigenvalue weighted by molar-refractivity contribution is 6.69. The Balaban J connectivity index is 1.50. The Hall–Kier alpha value is -6.01. The molecule has 4 heterocycles. The van der Waals surface area contributed by atoms with Gasteiger partial charge in [-0.25, -0.2) is 15.0 Å². The molecule has 5 nitrogen and oxygen atoms in total. The Morgan fingerprint density at radius 2 is 1.12 bits per heavy atom. The fraction of sp³-hybridized carbons (Fsp3) is 0.0455. The van der Waals surface area contributed by atoms with Crippen LogP contribution in [0.3, 0.4) is 0 Å². The maximum Gasteiger partial charge on any atom is 0.166 e. The Morgan fingerprint density at radius 3 is 1.79 bits per heavy atom. The summed E-state index contributed by atoms with van der Waals surface area (Å²) in [6, 6.07) is 20.9. The van der Waals surface area contributed by atoms with Crippen molar-refractivity contribution >= 4 is 170 Å². The van der Waals surface area contributed by atoms with E-state index in [-0.39, 0.29) is 43.9 Å². The molecule has 0 spiro atoms. The third-order valence-corrected chi connectivity index (χ3v) is 11.0. The molecule has 2 aromatic heterocycles. The Bertz CT molecular complexity index is 3250. The molecular weight excluding hydrogens is 674 g/mol. The maximum atomic E-state index is 7.08. The number of allylic oxidation sites excluding steroid dienone is 7. The topological polar surface area (TPSA) is 56.0 Å². The van der Waals surface area contributed by atoms with E-state index in [4.69, 9.17) is 69.9 Å². The lowest BCUT2D eigenvalue weighted by Gasteiger charge is -2.21. The van der Waals surface area contributed by atoms with Gasteiger partial charge in [0.25, 0.3) is 0 Å². The molecule has 0 N–H and O–H groups in total. The first-order valence-corrected chi connectivity index (χ1v) is 18.1. The summed E-state index contributed by atoms with van der Waals surface area (Å²) in [5.41, 5.74) is 5.08. The average Bonchev–Trinajstić information content (AvgIpc) is 3.60. The zero-order valence-electron chi connectivity index (χ0n) is 30.1. The summed E-state index contributed by atoms with van der Waals surface area (Å²) < 4.78 is 1.91. The monoisotopic (exact) mass is 697 g/mol. The van der Waals surface area contributed by atoms with E-state index in [1.807, 2.05) is 28.8 Å². The van der Waals surface area contributed by atoms with E-state index in [1.54, 1.807) is 18.4 Å². The first kappa shape index (κ1) is 34.5. The van der Waals surface area contributed by atoms with Crippen LogP contribution < -0.4 is 38.2 Å².